The van der Waals surface area contributed by atoms with Crippen LogP contribution in [0.25, 0.3) is 0 Å². The molecule has 0 aliphatic heterocycles. The van der Waals surface area contributed by atoms with Gasteiger partial charge in [-0.1, -0.05) is 25.3 Å². The minimum absolute atomic E-state index is 0.507. The first-order valence-electron chi connectivity index (χ1n) is 6.72. The first-order valence-corrected chi connectivity index (χ1v) is 6.72. The summed E-state index contributed by atoms with van der Waals surface area (Å²) in [5.74, 6) is 0.548. The minimum atomic E-state index is 0.507. The smallest absolute Gasteiger partial charge is 0.189 e. The lowest BCUT2D eigenvalue weighted by Crippen LogP contribution is -2.41. The van der Waals surface area contributed by atoms with Crippen LogP contribution in [-0.4, -0.2) is 17.0 Å². The molecule has 98 valence electrons. The van der Waals surface area contributed by atoms with Gasteiger partial charge in [-0.05, 0) is 31.4 Å². The van der Waals surface area contributed by atoms with Crippen molar-refractivity contribution in [2.75, 3.05) is 0 Å². The van der Waals surface area contributed by atoms with Gasteiger partial charge in [0, 0.05) is 12.2 Å². The quantitative estimate of drug-likeness (QED) is 0.634. The van der Waals surface area contributed by atoms with Crippen molar-refractivity contribution >= 4 is 5.96 Å². The molecule has 0 bridgehead atoms. The Morgan fingerprint density at radius 1 is 1.44 bits per heavy atom. The van der Waals surface area contributed by atoms with Crippen molar-refractivity contribution in [1.82, 2.24) is 10.3 Å². The average Bonchev–Trinajstić information content (AvgIpc) is 2.39. The van der Waals surface area contributed by atoms with Crippen LogP contribution in [-0.2, 0) is 6.54 Å². The van der Waals surface area contributed by atoms with Gasteiger partial charge < -0.3 is 11.1 Å². The Bertz CT molecular complexity index is 408. The zero-order valence-electron chi connectivity index (χ0n) is 11.0. The van der Waals surface area contributed by atoms with Gasteiger partial charge in [0.05, 0.1) is 12.2 Å². The molecule has 0 unspecified atom stereocenters. The summed E-state index contributed by atoms with van der Waals surface area (Å²) in [4.78, 5) is 8.68. The second-order valence-corrected chi connectivity index (χ2v) is 4.95. The lowest BCUT2D eigenvalue weighted by atomic mass is 9.96. The monoisotopic (exact) mass is 246 g/mol. The number of nitrogens with two attached hydrogens (primary N) is 1. The maximum absolute atomic E-state index is 5.91. The van der Waals surface area contributed by atoms with E-state index in [1.807, 2.05) is 19.1 Å². The Hall–Kier alpha value is -1.58. The van der Waals surface area contributed by atoms with E-state index in [1.165, 1.54) is 32.1 Å². The number of rotatable bonds is 3. The summed E-state index contributed by atoms with van der Waals surface area (Å²) in [7, 11) is 0. The van der Waals surface area contributed by atoms with Crippen LogP contribution in [0, 0.1) is 6.92 Å². The number of nitrogens with one attached hydrogen (secondary N) is 1. The molecule has 0 saturated heterocycles. The molecule has 1 fully saturated rings. The van der Waals surface area contributed by atoms with Crippen LogP contribution in [0.5, 0.6) is 0 Å². The molecule has 0 atom stereocenters. The van der Waals surface area contributed by atoms with Crippen LogP contribution in [0.2, 0.25) is 0 Å². The highest BCUT2D eigenvalue weighted by Gasteiger charge is 2.13. The molecule has 1 aliphatic carbocycles. The molecule has 1 aromatic heterocycles. The van der Waals surface area contributed by atoms with Gasteiger partial charge in [-0.2, -0.15) is 0 Å². The predicted octanol–water partition coefficient (Wildman–Crippen LogP) is 2.13. The molecule has 0 radical (unpaired) electrons. The Balaban J connectivity index is 1.86. The standard InChI is InChI=1S/C14H22N4/c1-11-6-5-9-16-13(11)10-17-14(15)18-12-7-3-2-4-8-12/h5-6,9,12H,2-4,7-8,10H2,1H3,(H3,15,17,18). The Morgan fingerprint density at radius 2 is 2.22 bits per heavy atom. The van der Waals surface area contributed by atoms with E-state index in [1.54, 1.807) is 6.20 Å². The first-order chi connectivity index (χ1) is 8.75. The molecule has 1 saturated carbocycles. The van der Waals surface area contributed by atoms with Crippen LogP contribution in [0.3, 0.4) is 0 Å². The van der Waals surface area contributed by atoms with Gasteiger partial charge in [0.2, 0.25) is 0 Å². The van der Waals surface area contributed by atoms with Crippen molar-refractivity contribution < 1.29 is 0 Å². The van der Waals surface area contributed by atoms with E-state index in [0.717, 1.165) is 11.3 Å². The predicted molar refractivity (Wildman–Crippen MR) is 74.3 cm³/mol. The third-order valence-corrected chi connectivity index (χ3v) is 3.47. The number of hydrogen-bond acceptors (Lipinski definition) is 2. The summed E-state index contributed by atoms with van der Waals surface area (Å²) >= 11 is 0. The molecular formula is C14H22N4. The third kappa shape index (κ3) is 3.72. The SMILES string of the molecule is Cc1cccnc1CN=C(N)NC1CCCCC1. The van der Waals surface area contributed by atoms with Crippen LogP contribution in [0.15, 0.2) is 23.3 Å². The Morgan fingerprint density at radius 3 is 2.94 bits per heavy atom. The molecule has 3 N–H and O–H groups in total. The summed E-state index contributed by atoms with van der Waals surface area (Å²) in [6.45, 7) is 2.60. The van der Waals surface area contributed by atoms with Crippen molar-refractivity contribution in [3.8, 4) is 0 Å². The van der Waals surface area contributed by atoms with E-state index >= 15 is 0 Å². The average molecular weight is 246 g/mol. The molecule has 0 amide bonds. The molecule has 2 rings (SSSR count). The summed E-state index contributed by atoms with van der Waals surface area (Å²) < 4.78 is 0. The minimum Gasteiger partial charge on any atom is -0.370 e. The number of aliphatic imine (C=N–C) groups is 1. The third-order valence-electron chi connectivity index (χ3n) is 3.47. The number of pyridine rings is 1. The zero-order valence-corrected chi connectivity index (χ0v) is 11.0. The van der Waals surface area contributed by atoms with Gasteiger partial charge >= 0.3 is 0 Å². The summed E-state index contributed by atoms with van der Waals surface area (Å²) in [5, 5.41) is 3.31. The summed E-state index contributed by atoms with van der Waals surface area (Å²) in [5.41, 5.74) is 8.06. The molecule has 0 spiro atoms. The molecule has 1 heterocycles. The Kier molecular flexibility index (Phi) is 4.56. The number of nitrogens with zero attached hydrogens (tertiary/aromatic N) is 2. The molecule has 1 aromatic rings. The fourth-order valence-electron chi connectivity index (χ4n) is 2.35. The van der Waals surface area contributed by atoms with Gasteiger partial charge in [-0.15, -0.1) is 0 Å². The van der Waals surface area contributed by atoms with Crippen molar-refractivity contribution in [2.45, 2.75) is 51.6 Å². The van der Waals surface area contributed by atoms with Crippen LogP contribution in [0.1, 0.15) is 43.4 Å². The highest BCUT2D eigenvalue weighted by molar-refractivity contribution is 5.78. The normalized spacial score (nSPS) is 17.7. The molecule has 1 aliphatic rings. The van der Waals surface area contributed by atoms with Gasteiger partial charge in [-0.3, -0.25) is 4.98 Å². The van der Waals surface area contributed by atoms with Crippen molar-refractivity contribution in [1.29, 1.82) is 0 Å². The van der Waals surface area contributed by atoms with Crippen LogP contribution < -0.4 is 11.1 Å². The first kappa shape index (κ1) is 12.9. The number of hydrogen-bond donors (Lipinski definition) is 2. The lowest BCUT2D eigenvalue weighted by molar-refractivity contribution is 0.412. The van der Waals surface area contributed by atoms with Gasteiger partial charge in [0.15, 0.2) is 5.96 Å². The van der Waals surface area contributed by atoms with Gasteiger partial charge in [-0.25, -0.2) is 4.99 Å². The second kappa shape index (κ2) is 6.38. The van der Waals surface area contributed by atoms with E-state index in [-0.39, 0.29) is 0 Å². The highest BCUT2D eigenvalue weighted by Crippen LogP contribution is 2.17. The van der Waals surface area contributed by atoms with Crippen molar-refractivity contribution in [2.24, 2.45) is 10.7 Å². The number of aryl methyl sites for hydroxylation is 1. The molecule has 0 aromatic carbocycles. The molecule has 4 heteroatoms. The van der Waals surface area contributed by atoms with E-state index in [9.17, 15) is 0 Å². The highest BCUT2D eigenvalue weighted by atomic mass is 15.1. The number of aromatic nitrogens is 1. The van der Waals surface area contributed by atoms with Crippen LogP contribution in [0.4, 0.5) is 0 Å². The van der Waals surface area contributed by atoms with E-state index < -0.39 is 0 Å². The summed E-state index contributed by atoms with van der Waals surface area (Å²) in [6.07, 6.45) is 8.15. The zero-order chi connectivity index (χ0) is 12.8. The fourth-order valence-corrected chi connectivity index (χ4v) is 2.35. The van der Waals surface area contributed by atoms with Crippen molar-refractivity contribution in [3.05, 3.63) is 29.6 Å². The second-order valence-electron chi connectivity index (χ2n) is 4.95. The molecule has 18 heavy (non-hydrogen) atoms. The molecular weight excluding hydrogens is 224 g/mol. The largest absolute Gasteiger partial charge is 0.370 e. The van der Waals surface area contributed by atoms with E-state index in [0.29, 0.717) is 18.5 Å². The lowest BCUT2D eigenvalue weighted by Gasteiger charge is -2.23. The number of guanidine groups is 1. The molecule has 4 nitrogen and oxygen atoms in total. The van der Waals surface area contributed by atoms with E-state index in [4.69, 9.17) is 5.73 Å². The maximum Gasteiger partial charge on any atom is 0.189 e. The van der Waals surface area contributed by atoms with E-state index in [2.05, 4.69) is 15.3 Å². The van der Waals surface area contributed by atoms with Gasteiger partial charge in [0.1, 0.15) is 0 Å². The van der Waals surface area contributed by atoms with Gasteiger partial charge in [0.25, 0.3) is 0 Å². The maximum atomic E-state index is 5.91. The fraction of sp³-hybridized carbons (Fsp3) is 0.571. The van der Waals surface area contributed by atoms with Crippen molar-refractivity contribution in [3.63, 3.8) is 0 Å². The topological polar surface area (TPSA) is 63.3 Å². The summed E-state index contributed by atoms with van der Waals surface area (Å²) in [6, 6.07) is 4.49. The Labute approximate surface area is 109 Å². The van der Waals surface area contributed by atoms with Crippen LogP contribution >= 0.6 is 0 Å².